The van der Waals surface area contributed by atoms with E-state index in [1.165, 1.54) is 17.4 Å². The maximum Gasteiger partial charge on any atom is 0.416 e. The molecule has 0 aliphatic carbocycles. The molecule has 0 bridgehead atoms. The summed E-state index contributed by atoms with van der Waals surface area (Å²) in [6.45, 7) is 4.00. The maximum atomic E-state index is 12.8. The molecule has 0 unspecified atom stereocenters. The highest BCUT2D eigenvalue weighted by Gasteiger charge is 2.30. The predicted octanol–water partition coefficient (Wildman–Crippen LogP) is 5.56. The van der Waals surface area contributed by atoms with Crippen molar-refractivity contribution in [2.45, 2.75) is 26.4 Å². The molecule has 130 valence electrons. The molecular formula is C18H15F3N2OS. The van der Waals surface area contributed by atoms with Crippen LogP contribution in [0.4, 0.5) is 13.2 Å². The Morgan fingerprint density at radius 2 is 1.80 bits per heavy atom. The van der Waals surface area contributed by atoms with Gasteiger partial charge in [-0.05, 0) is 48.7 Å². The van der Waals surface area contributed by atoms with Crippen molar-refractivity contribution >= 4 is 11.3 Å². The predicted molar refractivity (Wildman–Crippen MR) is 90.1 cm³/mol. The van der Waals surface area contributed by atoms with Gasteiger partial charge in [-0.1, -0.05) is 40.7 Å². The highest BCUT2D eigenvalue weighted by molar-refractivity contribution is 7.13. The van der Waals surface area contributed by atoms with E-state index in [9.17, 15) is 13.2 Å². The molecule has 0 aliphatic rings. The summed E-state index contributed by atoms with van der Waals surface area (Å²) in [4.78, 5) is 0. The van der Waals surface area contributed by atoms with Crippen molar-refractivity contribution in [3.8, 4) is 10.9 Å². The van der Waals surface area contributed by atoms with Crippen LogP contribution in [-0.2, 0) is 12.6 Å². The monoisotopic (exact) mass is 364 g/mol. The second-order valence-electron chi connectivity index (χ2n) is 5.68. The van der Waals surface area contributed by atoms with E-state index in [0.29, 0.717) is 21.5 Å². The molecule has 2 aromatic carbocycles. The number of aryl methyl sites for hydroxylation is 2. The lowest BCUT2D eigenvalue weighted by Crippen LogP contribution is -2.05. The molecular weight excluding hydrogens is 349 g/mol. The minimum atomic E-state index is -4.35. The van der Waals surface area contributed by atoms with E-state index in [2.05, 4.69) is 10.2 Å². The number of hydrogen-bond acceptors (Lipinski definition) is 4. The summed E-state index contributed by atoms with van der Waals surface area (Å²) >= 11 is 1.22. The summed E-state index contributed by atoms with van der Waals surface area (Å²) in [5.41, 5.74) is 2.13. The first kappa shape index (κ1) is 17.4. The molecule has 0 fully saturated rings. The van der Waals surface area contributed by atoms with Crippen molar-refractivity contribution in [3.63, 3.8) is 0 Å². The number of benzene rings is 2. The van der Waals surface area contributed by atoms with Crippen LogP contribution in [-0.4, -0.2) is 10.2 Å². The minimum Gasteiger partial charge on any atom is -0.430 e. The molecule has 3 nitrogen and oxygen atoms in total. The lowest BCUT2D eigenvalue weighted by Gasteiger charge is -2.07. The van der Waals surface area contributed by atoms with Crippen LogP contribution in [0.25, 0.3) is 0 Å². The topological polar surface area (TPSA) is 35.0 Å². The summed E-state index contributed by atoms with van der Waals surface area (Å²) in [5, 5.41) is 8.92. The third kappa shape index (κ3) is 4.36. The number of halogens is 3. The van der Waals surface area contributed by atoms with Crippen molar-refractivity contribution in [1.82, 2.24) is 10.2 Å². The van der Waals surface area contributed by atoms with Crippen LogP contribution in [0.2, 0.25) is 0 Å². The zero-order valence-electron chi connectivity index (χ0n) is 13.6. The molecule has 1 aromatic heterocycles. The van der Waals surface area contributed by atoms with E-state index in [1.807, 2.05) is 32.0 Å². The molecule has 0 spiro atoms. The van der Waals surface area contributed by atoms with E-state index in [4.69, 9.17) is 4.74 Å². The number of hydrogen-bond donors (Lipinski definition) is 0. The first-order valence-electron chi connectivity index (χ1n) is 7.55. The van der Waals surface area contributed by atoms with Crippen LogP contribution < -0.4 is 4.74 Å². The highest BCUT2D eigenvalue weighted by atomic mass is 32.1. The van der Waals surface area contributed by atoms with E-state index >= 15 is 0 Å². The standard InChI is InChI=1S/C18H15F3N2OS/c1-11-6-7-15(8-12(11)2)24-17-23-22-16(25-17)10-13-4-3-5-14(9-13)18(19,20)21/h3-9H,10H2,1-2H3. The van der Waals surface area contributed by atoms with Crippen molar-refractivity contribution in [2.75, 3.05) is 0 Å². The third-order valence-corrected chi connectivity index (χ3v) is 4.54. The Labute approximate surface area is 147 Å². The van der Waals surface area contributed by atoms with E-state index in [0.717, 1.165) is 23.3 Å². The van der Waals surface area contributed by atoms with Crippen LogP contribution in [0.5, 0.6) is 10.9 Å². The molecule has 7 heteroatoms. The molecule has 3 aromatic rings. The molecule has 0 atom stereocenters. The minimum absolute atomic E-state index is 0.276. The van der Waals surface area contributed by atoms with Crippen molar-refractivity contribution in [2.24, 2.45) is 0 Å². The smallest absolute Gasteiger partial charge is 0.416 e. The summed E-state index contributed by atoms with van der Waals surface area (Å²) < 4.78 is 44.0. The Morgan fingerprint density at radius 1 is 1.00 bits per heavy atom. The van der Waals surface area contributed by atoms with E-state index in [-0.39, 0.29) is 6.42 Å². The highest BCUT2D eigenvalue weighted by Crippen LogP contribution is 2.31. The van der Waals surface area contributed by atoms with Crippen LogP contribution >= 0.6 is 11.3 Å². The zero-order chi connectivity index (χ0) is 18.0. The number of aromatic nitrogens is 2. The van der Waals surface area contributed by atoms with Gasteiger partial charge < -0.3 is 4.74 Å². The van der Waals surface area contributed by atoms with Gasteiger partial charge in [-0.15, -0.1) is 5.10 Å². The second-order valence-corrected chi connectivity index (χ2v) is 6.71. The quantitative estimate of drug-likeness (QED) is 0.608. The van der Waals surface area contributed by atoms with Gasteiger partial charge in [0.2, 0.25) is 0 Å². The number of ether oxygens (including phenoxy) is 1. The Kier molecular flexibility index (Phi) is 4.76. The van der Waals surface area contributed by atoms with Crippen molar-refractivity contribution < 1.29 is 17.9 Å². The van der Waals surface area contributed by atoms with Gasteiger partial charge in [-0.2, -0.15) is 13.2 Å². The second kappa shape index (κ2) is 6.84. The van der Waals surface area contributed by atoms with Gasteiger partial charge in [0, 0.05) is 6.42 Å². The normalized spacial score (nSPS) is 11.6. The average Bonchev–Trinajstić information content (AvgIpc) is 2.97. The fourth-order valence-electron chi connectivity index (χ4n) is 2.26. The third-order valence-electron chi connectivity index (χ3n) is 3.74. The Bertz CT molecular complexity index is 890. The van der Waals surface area contributed by atoms with Gasteiger partial charge in [0.1, 0.15) is 10.8 Å². The zero-order valence-corrected chi connectivity index (χ0v) is 14.4. The van der Waals surface area contributed by atoms with Gasteiger partial charge in [0.25, 0.3) is 5.19 Å². The van der Waals surface area contributed by atoms with Crippen LogP contribution in [0.3, 0.4) is 0 Å². The number of rotatable bonds is 4. The van der Waals surface area contributed by atoms with Gasteiger partial charge in [-0.25, -0.2) is 0 Å². The Hall–Kier alpha value is -2.41. The van der Waals surface area contributed by atoms with Crippen LogP contribution in [0.1, 0.15) is 27.3 Å². The molecule has 0 aliphatic heterocycles. The summed E-state index contributed by atoms with van der Waals surface area (Å²) in [7, 11) is 0. The fraction of sp³-hybridized carbons (Fsp3) is 0.222. The Morgan fingerprint density at radius 3 is 2.52 bits per heavy atom. The largest absolute Gasteiger partial charge is 0.430 e. The molecule has 0 amide bonds. The summed E-state index contributed by atoms with van der Waals surface area (Å²) in [5.74, 6) is 0.657. The van der Waals surface area contributed by atoms with E-state index in [1.54, 1.807) is 6.07 Å². The first-order chi connectivity index (χ1) is 11.8. The van der Waals surface area contributed by atoms with Crippen molar-refractivity contribution in [1.29, 1.82) is 0 Å². The number of alkyl halides is 3. The Balaban J connectivity index is 1.72. The van der Waals surface area contributed by atoms with Gasteiger partial charge in [0.05, 0.1) is 5.56 Å². The number of nitrogens with zero attached hydrogens (tertiary/aromatic N) is 2. The lowest BCUT2D eigenvalue weighted by molar-refractivity contribution is -0.137. The van der Waals surface area contributed by atoms with Crippen molar-refractivity contribution in [3.05, 3.63) is 69.7 Å². The SMILES string of the molecule is Cc1ccc(Oc2nnc(Cc3cccc(C(F)(F)F)c3)s2)cc1C. The van der Waals surface area contributed by atoms with E-state index < -0.39 is 11.7 Å². The molecule has 0 saturated heterocycles. The first-order valence-corrected chi connectivity index (χ1v) is 8.36. The molecule has 0 saturated carbocycles. The molecule has 25 heavy (non-hydrogen) atoms. The van der Waals surface area contributed by atoms with Crippen LogP contribution in [0.15, 0.2) is 42.5 Å². The lowest BCUT2D eigenvalue weighted by atomic mass is 10.1. The molecule has 3 rings (SSSR count). The average molecular weight is 364 g/mol. The van der Waals surface area contributed by atoms with Gasteiger partial charge in [-0.3, -0.25) is 0 Å². The molecule has 0 N–H and O–H groups in total. The molecule has 0 radical (unpaired) electrons. The summed E-state index contributed by atoms with van der Waals surface area (Å²) in [6, 6.07) is 10.9. The molecule has 1 heterocycles. The summed E-state index contributed by atoms with van der Waals surface area (Å²) in [6.07, 6.45) is -4.08. The fourth-order valence-corrected chi connectivity index (χ4v) is 3.00. The van der Waals surface area contributed by atoms with Gasteiger partial charge in [0.15, 0.2) is 0 Å². The van der Waals surface area contributed by atoms with Gasteiger partial charge >= 0.3 is 6.18 Å². The van der Waals surface area contributed by atoms with Crippen LogP contribution in [0, 0.1) is 13.8 Å². The maximum absolute atomic E-state index is 12.8.